The van der Waals surface area contributed by atoms with E-state index in [9.17, 15) is 19.4 Å². The average Bonchev–Trinajstić information content (AvgIpc) is 3.33. The van der Waals surface area contributed by atoms with Gasteiger partial charge >= 0.3 is 0 Å². The van der Waals surface area contributed by atoms with Crippen molar-refractivity contribution in [2.75, 3.05) is 40.9 Å². The molecule has 0 saturated heterocycles. The smallest absolute Gasteiger partial charge is 0.268 e. The molecule has 3 unspecified atom stereocenters. The Labute approximate surface area is 436 Å². The molecule has 2 N–H and O–H groups in total. The summed E-state index contributed by atoms with van der Waals surface area (Å²) >= 11 is 0. The zero-order valence-corrected chi connectivity index (χ0v) is 46.8. The molecule has 0 heterocycles. The quantitative estimate of drug-likeness (QED) is 0.0272. The number of rotatable bonds is 49. The Hall–Kier alpha value is -3.36. The molecule has 0 aliphatic heterocycles. The summed E-state index contributed by atoms with van der Waals surface area (Å²) < 4.78 is 23.3. The summed E-state index contributed by atoms with van der Waals surface area (Å²) in [6.45, 7) is 4.47. The maximum absolute atomic E-state index is 12.9. The first-order chi connectivity index (χ1) is 34.5. The van der Waals surface area contributed by atoms with Crippen LogP contribution in [-0.2, 0) is 18.4 Å². The number of carbonyl (C=O) groups excluding carboxylic acids is 1. The second-order valence-corrected chi connectivity index (χ2v) is 20.9. The number of unbranched alkanes of at least 4 members (excludes halogenated alkanes) is 16. The lowest BCUT2D eigenvalue weighted by molar-refractivity contribution is -0.870. The second-order valence-electron chi connectivity index (χ2n) is 19.5. The Balaban J connectivity index is 4.35. The van der Waals surface area contributed by atoms with Crippen LogP contribution in [0.1, 0.15) is 200 Å². The molecule has 3 atom stereocenters. The molecule has 404 valence electrons. The third kappa shape index (κ3) is 54.3. The van der Waals surface area contributed by atoms with E-state index in [1.54, 1.807) is 6.08 Å². The van der Waals surface area contributed by atoms with Gasteiger partial charge in [-0.15, -0.1) is 0 Å². The fourth-order valence-electron chi connectivity index (χ4n) is 7.20. The SMILES string of the molecule is CC/C=C\C/C=C\C/C=C\C/C=C\C/C=C\C/C=C\C/C=C\C/C=C\CCCCCCCCC(=O)NC(COP(=O)([O-])OCC[N+](C)(C)C)C(O)/C=C/CC/C=C/CC/C=C/CCCCCCCCCC. The lowest BCUT2D eigenvalue weighted by Gasteiger charge is -2.29. The molecule has 1 amide bonds. The van der Waals surface area contributed by atoms with Gasteiger partial charge in [0.15, 0.2) is 0 Å². The van der Waals surface area contributed by atoms with Gasteiger partial charge in [0.1, 0.15) is 13.2 Å². The number of phosphoric acid groups is 1. The second kappa shape index (κ2) is 51.5. The van der Waals surface area contributed by atoms with Crippen molar-refractivity contribution in [2.45, 2.75) is 212 Å². The van der Waals surface area contributed by atoms with Gasteiger partial charge in [-0.3, -0.25) is 9.36 Å². The van der Waals surface area contributed by atoms with E-state index in [1.807, 2.05) is 27.2 Å². The number of hydrogen-bond acceptors (Lipinski definition) is 6. The number of nitrogens with zero attached hydrogens (tertiary/aromatic N) is 1. The largest absolute Gasteiger partial charge is 0.756 e. The van der Waals surface area contributed by atoms with E-state index in [0.717, 1.165) is 122 Å². The van der Waals surface area contributed by atoms with Gasteiger partial charge in [0.25, 0.3) is 7.82 Å². The molecule has 9 heteroatoms. The maximum Gasteiger partial charge on any atom is 0.268 e. The highest BCUT2D eigenvalue weighted by Crippen LogP contribution is 2.38. The van der Waals surface area contributed by atoms with Crippen LogP contribution in [0, 0.1) is 0 Å². The Kier molecular flexibility index (Phi) is 49.1. The maximum atomic E-state index is 12.9. The summed E-state index contributed by atoms with van der Waals surface area (Å²) in [5, 5.41) is 13.8. The fourth-order valence-corrected chi connectivity index (χ4v) is 7.92. The van der Waals surface area contributed by atoms with Gasteiger partial charge in [-0.1, -0.05) is 218 Å². The Morgan fingerprint density at radius 3 is 1.31 bits per heavy atom. The van der Waals surface area contributed by atoms with Gasteiger partial charge in [-0.2, -0.15) is 0 Å². The average molecular weight is 1010 g/mol. The van der Waals surface area contributed by atoms with Gasteiger partial charge in [0, 0.05) is 6.42 Å². The van der Waals surface area contributed by atoms with E-state index in [-0.39, 0.29) is 12.5 Å². The standard InChI is InChI=1S/C62H105N2O6P/c1-6-8-10-12-14-16-18-20-22-24-26-27-28-29-30-31-32-33-34-35-36-37-38-40-42-44-46-48-50-52-54-56-62(66)63-60(59-70-71(67,68)69-58-57-64(3,4)5)61(65)55-53-51-49-47-45-43-41-39-25-23-21-19-17-15-13-11-9-7-2/h8,10,14,16,20,22,25-27,29-30,32-33,35-36,38-40,45,47,53,55,60-61,65H,6-7,9,11-13,15,17-19,21,23-24,28,31,34,37,41-44,46,48-52,54,56-59H2,1-5H3,(H-,63,66,67,68)/b10-8-,16-14-,22-20-,27-26-,30-29-,33-32-,36-35-,39-25+,40-38-,47-45+,55-53+. The van der Waals surface area contributed by atoms with E-state index in [0.29, 0.717) is 17.4 Å². The fraction of sp³-hybridized carbons (Fsp3) is 0.629. The van der Waals surface area contributed by atoms with Crippen LogP contribution in [0.4, 0.5) is 0 Å². The van der Waals surface area contributed by atoms with Crippen molar-refractivity contribution >= 4 is 13.7 Å². The zero-order chi connectivity index (χ0) is 52.0. The molecule has 0 aliphatic carbocycles. The van der Waals surface area contributed by atoms with E-state index < -0.39 is 26.6 Å². The van der Waals surface area contributed by atoms with E-state index >= 15 is 0 Å². The normalized spacial score (nSPS) is 15.0. The van der Waals surface area contributed by atoms with Crippen molar-refractivity contribution < 1.29 is 32.9 Å². The minimum atomic E-state index is -4.62. The van der Waals surface area contributed by atoms with Gasteiger partial charge in [-0.25, -0.2) is 0 Å². The number of carbonyl (C=O) groups is 1. The number of aliphatic hydroxyl groups is 1. The molecule has 0 radical (unpaired) electrons. The first kappa shape index (κ1) is 67.6. The number of nitrogens with one attached hydrogen (secondary N) is 1. The molecule has 71 heavy (non-hydrogen) atoms. The van der Waals surface area contributed by atoms with Crippen LogP contribution < -0.4 is 10.2 Å². The van der Waals surface area contributed by atoms with E-state index in [4.69, 9.17) is 9.05 Å². The number of likely N-dealkylation sites (N-methyl/N-ethyl adjacent to an activating group) is 1. The van der Waals surface area contributed by atoms with Crippen LogP contribution >= 0.6 is 7.82 Å². The molecule has 0 rings (SSSR count). The number of quaternary nitrogens is 1. The van der Waals surface area contributed by atoms with Gasteiger partial charge < -0.3 is 28.8 Å². The summed E-state index contributed by atoms with van der Waals surface area (Å²) in [6, 6.07) is -0.928. The first-order valence-corrected chi connectivity index (χ1v) is 29.5. The van der Waals surface area contributed by atoms with Crippen molar-refractivity contribution in [3.8, 4) is 0 Å². The van der Waals surface area contributed by atoms with E-state index in [2.05, 4.69) is 141 Å². The summed E-state index contributed by atoms with van der Waals surface area (Å²) in [5.74, 6) is -0.232. The third-order valence-corrected chi connectivity index (χ3v) is 12.5. The lowest BCUT2D eigenvalue weighted by atomic mass is 10.1. The molecule has 0 aromatic carbocycles. The van der Waals surface area contributed by atoms with Crippen molar-refractivity contribution in [1.29, 1.82) is 0 Å². The summed E-state index contributed by atoms with van der Waals surface area (Å²) in [7, 11) is 1.20. The van der Waals surface area contributed by atoms with Crippen molar-refractivity contribution in [3.05, 3.63) is 134 Å². The Bertz CT molecular complexity index is 1610. The molecule has 0 aliphatic rings. The summed E-state index contributed by atoms with van der Waals surface area (Å²) in [4.78, 5) is 25.5. The predicted octanol–water partition coefficient (Wildman–Crippen LogP) is 16.5. The number of phosphoric ester groups is 1. The van der Waals surface area contributed by atoms with Crippen LogP contribution in [0.15, 0.2) is 134 Å². The highest BCUT2D eigenvalue weighted by Gasteiger charge is 2.23. The number of hydrogen-bond donors (Lipinski definition) is 2. The molecular weight excluding hydrogens is 900 g/mol. The van der Waals surface area contributed by atoms with Crippen molar-refractivity contribution in [2.24, 2.45) is 0 Å². The van der Waals surface area contributed by atoms with Gasteiger partial charge in [0.05, 0.1) is 39.9 Å². The van der Waals surface area contributed by atoms with Crippen LogP contribution in [0.5, 0.6) is 0 Å². The first-order valence-electron chi connectivity index (χ1n) is 28.0. The lowest BCUT2D eigenvalue weighted by Crippen LogP contribution is -2.45. The molecule has 8 nitrogen and oxygen atoms in total. The van der Waals surface area contributed by atoms with Crippen LogP contribution in [0.2, 0.25) is 0 Å². The van der Waals surface area contributed by atoms with Crippen LogP contribution in [0.3, 0.4) is 0 Å². The third-order valence-electron chi connectivity index (χ3n) is 11.6. The number of aliphatic hydroxyl groups excluding tert-OH is 1. The van der Waals surface area contributed by atoms with E-state index in [1.165, 1.54) is 57.8 Å². The zero-order valence-electron chi connectivity index (χ0n) is 45.9. The van der Waals surface area contributed by atoms with Crippen molar-refractivity contribution in [1.82, 2.24) is 5.32 Å². The topological polar surface area (TPSA) is 108 Å². The molecule has 0 bridgehead atoms. The predicted molar refractivity (Wildman–Crippen MR) is 306 cm³/mol. The molecular formula is C62H105N2O6P. The molecule has 0 aromatic heterocycles. The van der Waals surface area contributed by atoms with Crippen LogP contribution in [0.25, 0.3) is 0 Å². The minimum Gasteiger partial charge on any atom is -0.756 e. The molecule has 0 aromatic rings. The summed E-state index contributed by atoms with van der Waals surface area (Å²) in [5.41, 5.74) is 0. The monoisotopic (exact) mass is 1000 g/mol. The minimum absolute atomic E-state index is 0.0198. The molecule has 0 fully saturated rings. The Morgan fingerprint density at radius 1 is 0.507 bits per heavy atom. The number of amides is 1. The van der Waals surface area contributed by atoms with Gasteiger partial charge in [0.2, 0.25) is 5.91 Å². The highest BCUT2D eigenvalue weighted by atomic mass is 31.2. The van der Waals surface area contributed by atoms with Crippen LogP contribution in [-0.4, -0.2) is 68.5 Å². The number of allylic oxidation sites excluding steroid dienone is 21. The highest BCUT2D eigenvalue weighted by molar-refractivity contribution is 7.45. The molecule has 0 saturated carbocycles. The van der Waals surface area contributed by atoms with Crippen molar-refractivity contribution in [3.63, 3.8) is 0 Å². The summed E-state index contributed by atoms with van der Waals surface area (Å²) in [6.07, 6.45) is 78.1. The molecule has 0 spiro atoms. The Morgan fingerprint density at radius 2 is 0.873 bits per heavy atom. The van der Waals surface area contributed by atoms with Gasteiger partial charge in [-0.05, 0) is 109 Å².